The zero-order valence-corrected chi connectivity index (χ0v) is 12.7. The van der Waals surface area contributed by atoms with Gasteiger partial charge in [0.2, 0.25) is 0 Å². The van der Waals surface area contributed by atoms with Crippen LogP contribution in [-0.2, 0) is 21.3 Å². The van der Waals surface area contributed by atoms with Crippen LogP contribution in [0.5, 0.6) is 0 Å². The molecule has 0 spiro atoms. The van der Waals surface area contributed by atoms with Crippen LogP contribution < -0.4 is 0 Å². The maximum absolute atomic E-state index is 11.4. The molecule has 0 aliphatic heterocycles. The number of carbonyl (C=O) groups excluding carboxylic acids is 1. The Kier molecular flexibility index (Phi) is 5.79. The van der Waals surface area contributed by atoms with Crippen molar-refractivity contribution in [3.63, 3.8) is 0 Å². The number of benzene rings is 1. The van der Waals surface area contributed by atoms with E-state index < -0.39 is 0 Å². The third kappa shape index (κ3) is 3.75. The van der Waals surface area contributed by atoms with Crippen molar-refractivity contribution >= 4 is 49.4 Å². The molecule has 0 fully saturated rings. The van der Waals surface area contributed by atoms with Gasteiger partial charge in [-0.3, -0.25) is 4.79 Å². The molecule has 0 heterocycles. The highest BCUT2D eigenvalue weighted by Crippen LogP contribution is 2.29. The van der Waals surface area contributed by atoms with Crippen LogP contribution in [0.2, 0.25) is 5.02 Å². The zero-order valence-electron chi connectivity index (χ0n) is 8.73. The minimum absolute atomic E-state index is 0.231. The van der Waals surface area contributed by atoms with Crippen molar-refractivity contribution in [3.05, 3.63) is 32.8 Å². The zero-order chi connectivity index (χ0) is 12.1. The lowest BCUT2D eigenvalue weighted by Gasteiger charge is -2.08. The molecule has 0 aromatic heterocycles. The second kappa shape index (κ2) is 6.62. The van der Waals surface area contributed by atoms with Gasteiger partial charge in [-0.1, -0.05) is 33.6 Å². The Hall–Kier alpha value is -0.0600. The minimum Gasteiger partial charge on any atom is -0.466 e. The Labute approximate surface area is 117 Å². The fourth-order valence-electron chi connectivity index (χ4n) is 1.28. The summed E-state index contributed by atoms with van der Waals surface area (Å²) >= 11 is 12.8. The van der Waals surface area contributed by atoms with Gasteiger partial charge >= 0.3 is 5.97 Å². The first-order valence-corrected chi connectivity index (χ1v) is 7.06. The van der Waals surface area contributed by atoms with Crippen LogP contribution in [0.1, 0.15) is 18.1 Å². The lowest BCUT2D eigenvalue weighted by Crippen LogP contribution is -2.08. The minimum atomic E-state index is -0.244. The first kappa shape index (κ1) is 14.0. The van der Waals surface area contributed by atoms with Crippen LogP contribution in [0.15, 0.2) is 16.6 Å². The van der Waals surface area contributed by atoms with E-state index in [0.717, 1.165) is 15.6 Å². The highest BCUT2D eigenvalue weighted by Gasteiger charge is 2.11. The molecule has 1 rings (SSSR count). The van der Waals surface area contributed by atoms with E-state index >= 15 is 0 Å². The number of esters is 1. The largest absolute Gasteiger partial charge is 0.466 e. The molecule has 1 aromatic carbocycles. The predicted molar refractivity (Wildman–Crippen MR) is 72.1 cm³/mol. The van der Waals surface area contributed by atoms with Crippen LogP contribution >= 0.6 is 43.5 Å². The fraction of sp³-hybridized carbons (Fsp3) is 0.364. The smallest absolute Gasteiger partial charge is 0.310 e. The Bertz CT molecular complexity index is 394. The van der Waals surface area contributed by atoms with Crippen molar-refractivity contribution < 1.29 is 9.53 Å². The fourth-order valence-corrected chi connectivity index (χ4v) is 2.24. The topological polar surface area (TPSA) is 26.3 Å². The number of hydrogen-bond donors (Lipinski definition) is 0. The number of hydrogen-bond acceptors (Lipinski definition) is 2. The number of ether oxygens (including phenoxy) is 1. The molecule has 0 saturated heterocycles. The summed E-state index contributed by atoms with van der Waals surface area (Å²) in [6.45, 7) is 2.18. The second-order valence-corrected chi connectivity index (χ2v) is 4.93. The monoisotopic (exact) mass is 368 g/mol. The first-order chi connectivity index (χ1) is 7.58. The van der Waals surface area contributed by atoms with Crippen LogP contribution in [0.25, 0.3) is 0 Å². The van der Waals surface area contributed by atoms with E-state index in [1.807, 2.05) is 12.1 Å². The van der Waals surface area contributed by atoms with E-state index in [4.69, 9.17) is 16.3 Å². The third-order valence-electron chi connectivity index (χ3n) is 1.96. The van der Waals surface area contributed by atoms with Gasteiger partial charge in [0.1, 0.15) is 0 Å². The normalized spacial score (nSPS) is 10.2. The molecule has 5 heteroatoms. The van der Waals surface area contributed by atoms with Gasteiger partial charge in [-0.2, -0.15) is 0 Å². The second-order valence-electron chi connectivity index (χ2n) is 3.17. The van der Waals surface area contributed by atoms with E-state index in [2.05, 4.69) is 31.9 Å². The molecule has 0 unspecified atom stereocenters. The maximum Gasteiger partial charge on any atom is 0.310 e. The quantitative estimate of drug-likeness (QED) is 0.589. The molecule has 0 N–H and O–H groups in total. The molecule has 0 atom stereocenters. The number of halogens is 3. The summed E-state index contributed by atoms with van der Waals surface area (Å²) < 4.78 is 5.66. The summed E-state index contributed by atoms with van der Waals surface area (Å²) in [7, 11) is 0. The van der Waals surface area contributed by atoms with Crippen LogP contribution in [-0.4, -0.2) is 12.6 Å². The summed E-state index contributed by atoms with van der Waals surface area (Å²) in [5.41, 5.74) is 1.88. The molecule has 1 aromatic rings. The van der Waals surface area contributed by atoms with Crippen LogP contribution in [0, 0.1) is 0 Å². The third-order valence-corrected chi connectivity index (χ3v) is 4.07. The molecule has 16 heavy (non-hydrogen) atoms. The Morgan fingerprint density at radius 2 is 2.19 bits per heavy atom. The van der Waals surface area contributed by atoms with Gasteiger partial charge < -0.3 is 4.74 Å². The van der Waals surface area contributed by atoms with Gasteiger partial charge in [0, 0.05) is 9.80 Å². The van der Waals surface area contributed by atoms with E-state index in [1.165, 1.54) is 0 Å². The lowest BCUT2D eigenvalue weighted by molar-refractivity contribution is -0.142. The molecule has 0 amide bonds. The number of carbonyl (C=O) groups is 1. The SMILES string of the molecule is CCOC(=O)Cc1cc(CBr)cc(Cl)c1Br. The highest BCUT2D eigenvalue weighted by molar-refractivity contribution is 9.10. The van der Waals surface area contributed by atoms with E-state index in [9.17, 15) is 4.79 Å². The van der Waals surface area contributed by atoms with E-state index in [1.54, 1.807) is 6.92 Å². The average Bonchev–Trinajstić information content (AvgIpc) is 2.24. The van der Waals surface area contributed by atoms with Crippen molar-refractivity contribution in [1.82, 2.24) is 0 Å². The summed E-state index contributed by atoms with van der Waals surface area (Å²) in [4.78, 5) is 11.4. The van der Waals surface area contributed by atoms with Crippen molar-refractivity contribution in [2.75, 3.05) is 6.61 Å². The van der Waals surface area contributed by atoms with Gasteiger partial charge in [-0.05, 0) is 40.0 Å². The highest BCUT2D eigenvalue weighted by atomic mass is 79.9. The van der Waals surface area contributed by atoms with Crippen molar-refractivity contribution in [2.24, 2.45) is 0 Å². The Balaban J connectivity index is 2.94. The summed E-state index contributed by atoms with van der Waals surface area (Å²) in [6.07, 6.45) is 0.231. The Morgan fingerprint density at radius 1 is 1.50 bits per heavy atom. The molecule has 88 valence electrons. The predicted octanol–water partition coefficient (Wildman–Crippen LogP) is 4.10. The molecule has 0 aliphatic carbocycles. The van der Waals surface area contributed by atoms with E-state index in [0.29, 0.717) is 17.0 Å². The molecular formula is C11H11Br2ClO2. The van der Waals surface area contributed by atoms with Gasteiger partial charge in [0.05, 0.1) is 18.1 Å². The standard InChI is InChI=1S/C11H11Br2ClO2/c1-2-16-10(15)5-8-3-7(6-12)4-9(14)11(8)13/h3-4H,2,5-6H2,1H3. The maximum atomic E-state index is 11.4. The first-order valence-electron chi connectivity index (χ1n) is 4.76. The van der Waals surface area contributed by atoms with E-state index in [-0.39, 0.29) is 12.4 Å². The summed E-state index contributed by atoms with van der Waals surface area (Å²) in [5, 5.41) is 1.31. The molecule has 0 bridgehead atoms. The number of rotatable bonds is 4. The van der Waals surface area contributed by atoms with Crippen molar-refractivity contribution in [3.8, 4) is 0 Å². The van der Waals surface area contributed by atoms with Crippen molar-refractivity contribution in [2.45, 2.75) is 18.7 Å². The van der Waals surface area contributed by atoms with Crippen LogP contribution in [0.3, 0.4) is 0 Å². The molecule has 2 nitrogen and oxygen atoms in total. The van der Waals surface area contributed by atoms with Crippen LogP contribution in [0.4, 0.5) is 0 Å². The van der Waals surface area contributed by atoms with Gasteiger partial charge in [-0.25, -0.2) is 0 Å². The average molecular weight is 370 g/mol. The number of alkyl halides is 1. The molecular weight excluding hydrogens is 359 g/mol. The van der Waals surface area contributed by atoms with Gasteiger partial charge in [-0.15, -0.1) is 0 Å². The molecule has 0 aliphatic rings. The molecule has 0 radical (unpaired) electrons. The summed E-state index contributed by atoms with van der Waals surface area (Å²) in [5.74, 6) is -0.244. The summed E-state index contributed by atoms with van der Waals surface area (Å²) in [6, 6.07) is 3.79. The Morgan fingerprint density at radius 3 is 2.75 bits per heavy atom. The lowest BCUT2D eigenvalue weighted by atomic mass is 10.1. The van der Waals surface area contributed by atoms with Crippen molar-refractivity contribution in [1.29, 1.82) is 0 Å². The van der Waals surface area contributed by atoms with Gasteiger partial charge in [0.15, 0.2) is 0 Å². The van der Waals surface area contributed by atoms with Gasteiger partial charge in [0.25, 0.3) is 0 Å². The molecule has 0 saturated carbocycles.